The van der Waals surface area contributed by atoms with Crippen molar-refractivity contribution in [2.24, 2.45) is 0 Å². The van der Waals surface area contributed by atoms with Crippen molar-refractivity contribution in [1.82, 2.24) is 30.1 Å². The molecule has 136 valence electrons. The molecule has 6 nitrogen and oxygen atoms in total. The van der Waals surface area contributed by atoms with E-state index in [1.165, 1.54) is 16.5 Å². The fourth-order valence-corrected chi connectivity index (χ4v) is 4.11. The molecule has 0 atom stereocenters. The van der Waals surface area contributed by atoms with Gasteiger partial charge in [-0.15, -0.1) is 5.10 Å². The average molecular weight is 358 g/mol. The second-order valence-electron chi connectivity index (χ2n) is 7.18. The van der Waals surface area contributed by atoms with Crippen LogP contribution in [-0.2, 0) is 6.54 Å². The third-order valence-corrected chi connectivity index (χ3v) is 5.55. The molecule has 1 aliphatic heterocycles. The SMILES string of the molecule is c1ccc(-n2nnnc2CN2CCC(c3c[nH]c4ccccc34)CC2)cc1. The minimum Gasteiger partial charge on any atom is -0.361 e. The second-order valence-corrected chi connectivity index (χ2v) is 7.18. The summed E-state index contributed by atoms with van der Waals surface area (Å²) in [6.45, 7) is 2.90. The van der Waals surface area contributed by atoms with E-state index in [1.54, 1.807) is 0 Å². The first-order valence-electron chi connectivity index (χ1n) is 9.49. The van der Waals surface area contributed by atoms with Crippen LogP contribution in [-0.4, -0.2) is 43.2 Å². The van der Waals surface area contributed by atoms with Crippen LogP contribution in [0.1, 0.15) is 30.1 Å². The van der Waals surface area contributed by atoms with E-state index in [1.807, 2.05) is 35.0 Å². The summed E-state index contributed by atoms with van der Waals surface area (Å²) in [5, 5.41) is 13.7. The lowest BCUT2D eigenvalue weighted by molar-refractivity contribution is 0.199. The van der Waals surface area contributed by atoms with Gasteiger partial charge in [0.15, 0.2) is 5.82 Å². The van der Waals surface area contributed by atoms with Gasteiger partial charge in [0.25, 0.3) is 0 Å². The van der Waals surface area contributed by atoms with E-state index in [0.717, 1.165) is 44.0 Å². The molecule has 1 fully saturated rings. The molecule has 1 saturated heterocycles. The van der Waals surface area contributed by atoms with Gasteiger partial charge in [-0.05, 0) is 66.0 Å². The first kappa shape index (κ1) is 16.2. The average Bonchev–Trinajstić information content (AvgIpc) is 3.36. The van der Waals surface area contributed by atoms with E-state index in [2.05, 4.69) is 55.9 Å². The quantitative estimate of drug-likeness (QED) is 0.606. The van der Waals surface area contributed by atoms with Crippen LogP contribution in [0.15, 0.2) is 60.8 Å². The minimum absolute atomic E-state index is 0.613. The summed E-state index contributed by atoms with van der Waals surface area (Å²) in [6, 6.07) is 18.7. The van der Waals surface area contributed by atoms with Crippen molar-refractivity contribution < 1.29 is 0 Å². The zero-order chi connectivity index (χ0) is 18.1. The number of tetrazole rings is 1. The van der Waals surface area contributed by atoms with Crippen molar-refractivity contribution in [3.63, 3.8) is 0 Å². The summed E-state index contributed by atoms with van der Waals surface area (Å²) in [7, 11) is 0. The van der Waals surface area contributed by atoms with Crippen LogP contribution in [0.4, 0.5) is 0 Å². The van der Waals surface area contributed by atoms with Gasteiger partial charge >= 0.3 is 0 Å². The number of benzene rings is 2. The number of nitrogens with zero attached hydrogens (tertiary/aromatic N) is 5. The predicted molar refractivity (Wildman–Crippen MR) is 105 cm³/mol. The normalized spacial score (nSPS) is 16.1. The van der Waals surface area contributed by atoms with Gasteiger partial charge in [0.05, 0.1) is 12.2 Å². The third kappa shape index (κ3) is 3.13. The van der Waals surface area contributed by atoms with Crippen molar-refractivity contribution in [3.05, 3.63) is 72.2 Å². The Kier molecular flexibility index (Phi) is 4.18. The van der Waals surface area contributed by atoms with Crippen LogP contribution in [0, 0.1) is 0 Å². The number of piperidine rings is 1. The Hall–Kier alpha value is -2.99. The van der Waals surface area contributed by atoms with Crippen LogP contribution >= 0.6 is 0 Å². The van der Waals surface area contributed by atoms with E-state index in [-0.39, 0.29) is 0 Å². The van der Waals surface area contributed by atoms with Crippen LogP contribution in [0.25, 0.3) is 16.6 Å². The molecule has 0 amide bonds. The molecule has 0 unspecified atom stereocenters. The molecule has 0 radical (unpaired) electrons. The van der Waals surface area contributed by atoms with Crippen LogP contribution in [0.5, 0.6) is 0 Å². The van der Waals surface area contributed by atoms with Crippen molar-refractivity contribution in [1.29, 1.82) is 0 Å². The molecule has 2 aromatic heterocycles. The Balaban J connectivity index is 1.28. The van der Waals surface area contributed by atoms with Crippen LogP contribution in [0.3, 0.4) is 0 Å². The van der Waals surface area contributed by atoms with Crippen molar-refractivity contribution >= 4 is 10.9 Å². The van der Waals surface area contributed by atoms with Gasteiger partial charge in [-0.1, -0.05) is 36.4 Å². The molecule has 0 spiro atoms. The number of nitrogens with one attached hydrogen (secondary N) is 1. The Morgan fingerprint density at radius 1 is 0.963 bits per heavy atom. The van der Waals surface area contributed by atoms with Gasteiger partial charge in [0, 0.05) is 17.1 Å². The summed E-state index contributed by atoms with van der Waals surface area (Å²) in [5.41, 5.74) is 3.70. The summed E-state index contributed by atoms with van der Waals surface area (Å²) < 4.78 is 1.84. The van der Waals surface area contributed by atoms with Gasteiger partial charge in [-0.25, -0.2) is 0 Å². The minimum atomic E-state index is 0.613. The van der Waals surface area contributed by atoms with E-state index in [4.69, 9.17) is 0 Å². The maximum Gasteiger partial charge on any atom is 0.170 e. The highest BCUT2D eigenvalue weighted by Gasteiger charge is 2.24. The molecule has 27 heavy (non-hydrogen) atoms. The molecule has 4 aromatic rings. The molecule has 0 bridgehead atoms. The van der Waals surface area contributed by atoms with Gasteiger partial charge in [-0.2, -0.15) is 4.68 Å². The Morgan fingerprint density at radius 2 is 1.74 bits per heavy atom. The molecular formula is C21H22N6. The summed E-state index contributed by atoms with van der Waals surface area (Å²) in [5.74, 6) is 1.51. The molecular weight excluding hydrogens is 336 g/mol. The Labute approximate surface area is 157 Å². The first-order chi connectivity index (χ1) is 13.4. The predicted octanol–water partition coefficient (Wildman–Crippen LogP) is 3.52. The second kappa shape index (κ2) is 6.96. The number of H-pyrrole nitrogens is 1. The lowest BCUT2D eigenvalue weighted by Crippen LogP contribution is -2.33. The lowest BCUT2D eigenvalue weighted by atomic mass is 9.89. The van der Waals surface area contributed by atoms with Crippen LogP contribution in [0.2, 0.25) is 0 Å². The number of rotatable bonds is 4. The number of hydrogen-bond acceptors (Lipinski definition) is 4. The number of aromatic amines is 1. The zero-order valence-corrected chi connectivity index (χ0v) is 15.1. The van der Waals surface area contributed by atoms with Gasteiger partial charge in [0.1, 0.15) is 0 Å². The zero-order valence-electron chi connectivity index (χ0n) is 15.1. The number of likely N-dealkylation sites (tertiary alicyclic amines) is 1. The number of hydrogen-bond donors (Lipinski definition) is 1. The van der Waals surface area contributed by atoms with Crippen molar-refractivity contribution in [3.8, 4) is 5.69 Å². The van der Waals surface area contributed by atoms with Gasteiger partial charge in [-0.3, -0.25) is 4.90 Å². The highest BCUT2D eigenvalue weighted by Crippen LogP contribution is 2.33. The maximum absolute atomic E-state index is 4.25. The van der Waals surface area contributed by atoms with Crippen molar-refractivity contribution in [2.75, 3.05) is 13.1 Å². The maximum atomic E-state index is 4.25. The van der Waals surface area contributed by atoms with Crippen LogP contribution < -0.4 is 0 Å². The summed E-state index contributed by atoms with van der Waals surface area (Å²) >= 11 is 0. The van der Waals surface area contributed by atoms with Gasteiger partial charge in [0.2, 0.25) is 0 Å². The topological polar surface area (TPSA) is 62.6 Å². The van der Waals surface area contributed by atoms with E-state index in [9.17, 15) is 0 Å². The van der Waals surface area contributed by atoms with Crippen molar-refractivity contribution in [2.45, 2.75) is 25.3 Å². The Morgan fingerprint density at radius 3 is 2.59 bits per heavy atom. The standard InChI is InChI=1S/C21H22N6/c1-2-6-17(7-3-1)27-21(23-24-25-27)15-26-12-10-16(11-13-26)19-14-22-20-9-5-4-8-18(19)20/h1-9,14,16,22H,10-13,15H2. The molecule has 2 aromatic carbocycles. The van der Waals surface area contributed by atoms with E-state index < -0.39 is 0 Å². The molecule has 0 saturated carbocycles. The molecule has 5 rings (SSSR count). The Bertz CT molecular complexity index is 1030. The highest BCUT2D eigenvalue weighted by atomic mass is 15.5. The van der Waals surface area contributed by atoms with Gasteiger partial charge < -0.3 is 4.98 Å². The smallest absolute Gasteiger partial charge is 0.170 e. The molecule has 1 aliphatic rings. The number of aromatic nitrogens is 5. The fourth-order valence-electron chi connectivity index (χ4n) is 4.11. The molecule has 1 N–H and O–H groups in total. The monoisotopic (exact) mass is 358 g/mol. The number of fused-ring (bicyclic) bond motifs is 1. The summed E-state index contributed by atoms with van der Waals surface area (Å²) in [6.07, 6.45) is 4.52. The van der Waals surface area contributed by atoms with E-state index >= 15 is 0 Å². The van der Waals surface area contributed by atoms with E-state index in [0.29, 0.717) is 5.92 Å². The molecule has 6 heteroatoms. The fraction of sp³-hybridized carbons (Fsp3) is 0.286. The molecule has 0 aliphatic carbocycles. The number of para-hydroxylation sites is 2. The highest BCUT2D eigenvalue weighted by molar-refractivity contribution is 5.83. The largest absolute Gasteiger partial charge is 0.361 e. The molecule has 3 heterocycles. The summed E-state index contributed by atoms with van der Waals surface area (Å²) in [4.78, 5) is 5.87. The third-order valence-electron chi connectivity index (χ3n) is 5.55. The first-order valence-corrected chi connectivity index (χ1v) is 9.49. The lowest BCUT2D eigenvalue weighted by Gasteiger charge is -2.31.